The lowest BCUT2D eigenvalue weighted by Crippen LogP contribution is -2.51. The van der Waals surface area contributed by atoms with Crippen LogP contribution in [0.3, 0.4) is 0 Å². The summed E-state index contributed by atoms with van der Waals surface area (Å²) < 4.78 is 5.50. The standard InChI is InChI=1S/C22H22N4O2/c27-20-18(16-7-3-1-4-8-16)15-22(24-20)11-13-26(14-12-22)21-23-19(25-28-21)17-9-5-2-6-10-17/h1-10,18H,11-15H2,(H,24,27)/t18-/m1/s1. The minimum Gasteiger partial charge on any atom is -0.350 e. The fraction of sp³-hybridized carbons (Fsp3) is 0.318. The highest BCUT2D eigenvalue weighted by Gasteiger charge is 2.46. The summed E-state index contributed by atoms with van der Waals surface area (Å²) in [6, 6.07) is 20.4. The molecule has 0 saturated carbocycles. The van der Waals surface area contributed by atoms with Crippen LogP contribution in [-0.2, 0) is 4.79 Å². The summed E-state index contributed by atoms with van der Waals surface area (Å²) in [5.41, 5.74) is 1.92. The summed E-state index contributed by atoms with van der Waals surface area (Å²) in [5, 5.41) is 7.41. The summed E-state index contributed by atoms with van der Waals surface area (Å²) in [4.78, 5) is 19.3. The smallest absolute Gasteiger partial charge is 0.324 e. The second-order valence-electron chi connectivity index (χ2n) is 7.69. The highest BCUT2D eigenvalue weighted by atomic mass is 16.5. The van der Waals surface area contributed by atoms with Crippen LogP contribution in [0.25, 0.3) is 11.4 Å². The minimum atomic E-state index is -0.129. The predicted molar refractivity (Wildman–Crippen MR) is 106 cm³/mol. The SMILES string of the molecule is O=C1NC2(CCN(c3nc(-c4ccccc4)no3)CC2)C[C@@H]1c1ccccc1. The topological polar surface area (TPSA) is 71.3 Å². The van der Waals surface area contributed by atoms with E-state index in [9.17, 15) is 4.79 Å². The Morgan fingerprint density at radius 1 is 1.00 bits per heavy atom. The van der Waals surface area contributed by atoms with Gasteiger partial charge in [-0.05, 0) is 24.8 Å². The second kappa shape index (κ2) is 6.78. The molecule has 2 aliphatic heterocycles. The van der Waals surface area contributed by atoms with Gasteiger partial charge in [-0.15, -0.1) is 0 Å². The van der Waals surface area contributed by atoms with Crippen LogP contribution in [-0.4, -0.2) is 34.7 Å². The predicted octanol–water partition coefficient (Wildman–Crippen LogP) is 3.38. The van der Waals surface area contributed by atoms with Gasteiger partial charge in [0.15, 0.2) is 0 Å². The molecule has 3 aromatic rings. The van der Waals surface area contributed by atoms with E-state index in [0.717, 1.165) is 43.5 Å². The van der Waals surface area contributed by atoms with Crippen molar-refractivity contribution in [2.24, 2.45) is 0 Å². The van der Waals surface area contributed by atoms with Crippen LogP contribution in [0.1, 0.15) is 30.7 Å². The van der Waals surface area contributed by atoms with E-state index in [4.69, 9.17) is 4.52 Å². The average Bonchev–Trinajstić information content (AvgIpc) is 3.35. The molecule has 6 nitrogen and oxygen atoms in total. The molecule has 2 fully saturated rings. The van der Waals surface area contributed by atoms with E-state index in [0.29, 0.717) is 11.8 Å². The largest absolute Gasteiger partial charge is 0.350 e. The first-order valence-electron chi connectivity index (χ1n) is 9.74. The zero-order valence-corrected chi connectivity index (χ0v) is 15.5. The number of hydrogen-bond acceptors (Lipinski definition) is 5. The average molecular weight is 374 g/mol. The zero-order valence-electron chi connectivity index (χ0n) is 15.5. The maximum atomic E-state index is 12.6. The molecular formula is C22H22N4O2. The van der Waals surface area contributed by atoms with E-state index in [-0.39, 0.29) is 17.4 Å². The van der Waals surface area contributed by atoms with Crippen molar-refractivity contribution >= 4 is 11.9 Å². The van der Waals surface area contributed by atoms with Crippen molar-refractivity contribution in [1.29, 1.82) is 0 Å². The number of carbonyl (C=O) groups excluding carboxylic acids is 1. The summed E-state index contributed by atoms with van der Waals surface area (Å²) in [5.74, 6) is 0.693. The quantitative estimate of drug-likeness (QED) is 0.761. The molecule has 0 radical (unpaired) electrons. The van der Waals surface area contributed by atoms with Crippen LogP contribution in [0.15, 0.2) is 65.2 Å². The van der Waals surface area contributed by atoms with Crippen molar-refractivity contribution in [1.82, 2.24) is 15.5 Å². The van der Waals surface area contributed by atoms with Crippen LogP contribution in [0.2, 0.25) is 0 Å². The molecule has 3 heterocycles. The fourth-order valence-corrected chi connectivity index (χ4v) is 4.34. The first-order valence-corrected chi connectivity index (χ1v) is 9.74. The minimum absolute atomic E-state index is 0.0548. The molecule has 0 bridgehead atoms. The summed E-state index contributed by atoms with van der Waals surface area (Å²) in [6.45, 7) is 1.58. The van der Waals surface area contributed by atoms with E-state index < -0.39 is 0 Å². The van der Waals surface area contributed by atoms with Gasteiger partial charge in [0.1, 0.15) is 0 Å². The Kier molecular flexibility index (Phi) is 4.11. The Hall–Kier alpha value is -3.15. The van der Waals surface area contributed by atoms with Crippen molar-refractivity contribution in [2.75, 3.05) is 18.0 Å². The highest BCUT2D eigenvalue weighted by Crippen LogP contribution is 2.39. The Balaban J connectivity index is 1.27. The number of hydrogen-bond donors (Lipinski definition) is 1. The molecule has 2 aromatic carbocycles. The van der Waals surface area contributed by atoms with Crippen LogP contribution < -0.4 is 10.2 Å². The molecule has 1 N–H and O–H groups in total. The number of aromatic nitrogens is 2. The van der Waals surface area contributed by atoms with Gasteiger partial charge in [0.05, 0.1) is 5.92 Å². The third-order valence-corrected chi connectivity index (χ3v) is 5.94. The molecule has 28 heavy (non-hydrogen) atoms. The van der Waals surface area contributed by atoms with E-state index in [1.807, 2.05) is 60.7 Å². The molecule has 6 heteroatoms. The molecule has 1 aromatic heterocycles. The monoisotopic (exact) mass is 374 g/mol. The van der Waals surface area contributed by atoms with Gasteiger partial charge < -0.3 is 14.7 Å². The number of rotatable bonds is 3. The number of carbonyl (C=O) groups is 1. The Labute approximate surface area is 163 Å². The van der Waals surface area contributed by atoms with Crippen molar-refractivity contribution in [3.05, 3.63) is 66.2 Å². The zero-order chi connectivity index (χ0) is 19.0. The Bertz CT molecular complexity index is 962. The van der Waals surface area contributed by atoms with Gasteiger partial charge >= 0.3 is 6.01 Å². The van der Waals surface area contributed by atoms with Gasteiger partial charge in [0.2, 0.25) is 11.7 Å². The van der Waals surface area contributed by atoms with Crippen molar-refractivity contribution < 1.29 is 9.32 Å². The molecule has 2 saturated heterocycles. The second-order valence-corrected chi connectivity index (χ2v) is 7.69. The molecule has 0 aliphatic carbocycles. The van der Waals surface area contributed by atoms with Gasteiger partial charge in [0.25, 0.3) is 0 Å². The Morgan fingerprint density at radius 2 is 1.68 bits per heavy atom. The van der Waals surface area contributed by atoms with Gasteiger partial charge in [-0.3, -0.25) is 4.79 Å². The van der Waals surface area contributed by atoms with Gasteiger partial charge in [0, 0.05) is 24.2 Å². The molecule has 1 spiro atoms. The Morgan fingerprint density at radius 3 is 2.39 bits per heavy atom. The number of anilines is 1. The first-order chi connectivity index (χ1) is 13.7. The molecular weight excluding hydrogens is 352 g/mol. The summed E-state index contributed by atoms with van der Waals surface area (Å²) in [6.07, 6.45) is 2.61. The molecule has 5 rings (SSSR count). The van der Waals surface area contributed by atoms with Gasteiger partial charge in [-0.1, -0.05) is 65.8 Å². The molecule has 1 atom stereocenters. The van der Waals surface area contributed by atoms with E-state index in [1.54, 1.807) is 0 Å². The number of nitrogens with one attached hydrogen (secondary N) is 1. The third-order valence-electron chi connectivity index (χ3n) is 5.94. The molecule has 0 unspecified atom stereocenters. The number of amides is 1. The van der Waals surface area contributed by atoms with E-state index in [1.165, 1.54) is 0 Å². The van der Waals surface area contributed by atoms with Gasteiger partial charge in [-0.25, -0.2) is 0 Å². The van der Waals surface area contributed by atoms with Crippen molar-refractivity contribution in [2.45, 2.75) is 30.7 Å². The normalized spacial score (nSPS) is 21.1. The molecule has 1 amide bonds. The summed E-state index contributed by atoms with van der Waals surface area (Å²) in [7, 11) is 0. The van der Waals surface area contributed by atoms with Crippen LogP contribution in [0.4, 0.5) is 6.01 Å². The maximum absolute atomic E-state index is 12.6. The van der Waals surface area contributed by atoms with Gasteiger partial charge in [-0.2, -0.15) is 4.98 Å². The number of nitrogens with zero attached hydrogens (tertiary/aromatic N) is 3. The van der Waals surface area contributed by atoms with Crippen LogP contribution in [0.5, 0.6) is 0 Å². The van der Waals surface area contributed by atoms with Crippen LogP contribution in [0, 0.1) is 0 Å². The lowest BCUT2D eigenvalue weighted by molar-refractivity contribution is -0.121. The molecule has 142 valence electrons. The van der Waals surface area contributed by atoms with Crippen LogP contribution >= 0.6 is 0 Å². The first kappa shape index (κ1) is 17.0. The summed E-state index contributed by atoms with van der Waals surface area (Å²) >= 11 is 0. The number of piperidine rings is 1. The maximum Gasteiger partial charge on any atom is 0.324 e. The highest BCUT2D eigenvalue weighted by molar-refractivity contribution is 5.87. The van der Waals surface area contributed by atoms with Crippen molar-refractivity contribution in [3.63, 3.8) is 0 Å². The lowest BCUT2D eigenvalue weighted by atomic mass is 9.82. The van der Waals surface area contributed by atoms with Crippen molar-refractivity contribution in [3.8, 4) is 11.4 Å². The number of benzene rings is 2. The fourth-order valence-electron chi connectivity index (χ4n) is 4.34. The third kappa shape index (κ3) is 3.05. The van der Waals surface area contributed by atoms with E-state index in [2.05, 4.69) is 20.4 Å². The molecule has 2 aliphatic rings. The van der Waals surface area contributed by atoms with E-state index >= 15 is 0 Å². The lowest BCUT2D eigenvalue weighted by Gasteiger charge is -2.38.